The molecule has 0 saturated heterocycles. The third-order valence-corrected chi connectivity index (χ3v) is 5.67. The summed E-state index contributed by atoms with van der Waals surface area (Å²) < 4.78 is 31.9. The van der Waals surface area contributed by atoms with Crippen molar-refractivity contribution in [3.05, 3.63) is 46.3 Å². The standard InChI is InChI=1S/C13H14ClNO3S2/c1-10-4-5-11(14)12(9-10)18-7-6-15-20(16,17)13-3-2-8-19-13/h2-5,8-9,15H,6-7H2,1H3. The predicted octanol–water partition coefficient (Wildman–Crippen LogP) is 3.07. The number of halogens is 1. The fraction of sp³-hybridized carbons (Fsp3) is 0.231. The molecule has 1 aromatic heterocycles. The summed E-state index contributed by atoms with van der Waals surface area (Å²) in [6.45, 7) is 2.33. The highest BCUT2D eigenvalue weighted by Gasteiger charge is 2.14. The molecular weight excluding hydrogens is 318 g/mol. The minimum Gasteiger partial charge on any atom is -0.491 e. The van der Waals surface area contributed by atoms with E-state index in [1.807, 2.05) is 19.1 Å². The molecule has 0 unspecified atom stereocenters. The molecule has 108 valence electrons. The van der Waals surface area contributed by atoms with E-state index in [9.17, 15) is 8.42 Å². The summed E-state index contributed by atoms with van der Waals surface area (Å²) in [6, 6.07) is 8.71. The van der Waals surface area contributed by atoms with Crippen molar-refractivity contribution in [3.8, 4) is 5.75 Å². The Kier molecular flexibility index (Phi) is 5.04. The molecule has 0 aliphatic rings. The van der Waals surface area contributed by atoms with Crippen LogP contribution in [-0.2, 0) is 10.0 Å². The van der Waals surface area contributed by atoms with Crippen LogP contribution in [0.5, 0.6) is 5.75 Å². The lowest BCUT2D eigenvalue weighted by Crippen LogP contribution is -2.27. The zero-order valence-corrected chi connectivity index (χ0v) is 13.2. The first kappa shape index (κ1) is 15.3. The van der Waals surface area contributed by atoms with Crippen LogP contribution >= 0.6 is 22.9 Å². The van der Waals surface area contributed by atoms with Gasteiger partial charge in [-0.1, -0.05) is 23.7 Å². The van der Waals surface area contributed by atoms with Crippen LogP contribution in [0.15, 0.2) is 39.9 Å². The molecular formula is C13H14ClNO3S2. The van der Waals surface area contributed by atoms with E-state index in [1.165, 1.54) is 11.3 Å². The molecule has 0 aliphatic heterocycles. The Hall–Kier alpha value is -1.08. The van der Waals surface area contributed by atoms with Crippen molar-refractivity contribution >= 4 is 33.0 Å². The van der Waals surface area contributed by atoms with Crippen molar-refractivity contribution in [2.24, 2.45) is 0 Å². The number of hydrogen-bond donors (Lipinski definition) is 1. The van der Waals surface area contributed by atoms with Crippen LogP contribution in [-0.4, -0.2) is 21.6 Å². The topological polar surface area (TPSA) is 55.4 Å². The van der Waals surface area contributed by atoms with E-state index in [0.717, 1.165) is 5.56 Å². The first-order valence-corrected chi connectivity index (χ1v) is 8.65. The third kappa shape index (κ3) is 3.96. The van der Waals surface area contributed by atoms with E-state index < -0.39 is 10.0 Å². The molecule has 0 fully saturated rings. The lowest BCUT2D eigenvalue weighted by Gasteiger charge is -2.09. The summed E-state index contributed by atoms with van der Waals surface area (Å²) in [5.74, 6) is 0.557. The molecule has 0 aliphatic carbocycles. The summed E-state index contributed by atoms with van der Waals surface area (Å²) in [7, 11) is -3.43. The zero-order valence-electron chi connectivity index (χ0n) is 10.8. The summed E-state index contributed by atoms with van der Waals surface area (Å²) >= 11 is 7.16. The molecule has 4 nitrogen and oxygen atoms in total. The van der Waals surface area contributed by atoms with Crippen molar-refractivity contribution in [2.75, 3.05) is 13.2 Å². The third-order valence-electron chi connectivity index (χ3n) is 2.50. The van der Waals surface area contributed by atoms with E-state index in [0.29, 0.717) is 15.0 Å². The van der Waals surface area contributed by atoms with E-state index in [2.05, 4.69) is 4.72 Å². The molecule has 0 bridgehead atoms. The number of aryl methyl sites for hydroxylation is 1. The van der Waals surface area contributed by atoms with Gasteiger partial charge in [0.25, 0.3) is 0 Å². The maximum Gasteiger partial charge on any atom is 0.250 e. The molecule has 0 spiro atoms. The Labute approximate surface area is 127 Å². The van der Waals surface area contributed by atoms with Crippen LogP contribution in [0.25, 0.3) is 0 Å². The molecule has 0 saturated carbocycles. The number of rotatable bonds is 6. The molecule has 0 amide bonds. The van der Waals surface area contributed by atoms with Gasteiger partial charge >= 0.3 is 0 Å². The normalized spacial score (nSPS) is 11.5. The van der Waals surface area contributed by atoms with Gasteiger partial charge in [-0.2, -0.15) is 0 Å². The molecule has 20 heavy (non-hydrogen) atoms. The number of nitrogens with one attached hydrogen (secondary N) is 1. The Morgan fingerprint density at radius 1 is 1.35 bits per heavy atom. The van der Waals surface area contributed by atoms with Crippen molar-refractivity contribution < 1.29 is 13.2 Å². The first-order chi connectivity index (χ1) is 9.49. The second kappa shape index (κ2) is 6.58. The van der Waals surface area contributed by atoms with Crippen LogP contribution in [0.2, 0.25) is 5.02 Å². The van der Waals surface area contributed by atoms with E-state index in [1.54, 1.807) is 23.6 Å². The second-order valence-corrected chi connectivity index (χ2v) is 7.46. The lowest BCUT2D eigenvalue weighted by atomic mass is 10.2. The largest absolute Gasteiger partial charge is 0.491 e. The van der Waals surface area contributed by atoms with Gasteiger partial charge < -0.3 is 4.74 Å². The monoisotopic (exact) mass is 331 g/mol. The van der Waals surface area contributed by atoms with Gasteiger partial charge in [0, 0.05) is 6.54 Å². The molecule has 7 heteroatoms. The molecule has 1 N–H and O–H groups in total. The smallest absolute Gasteiger partial charge is 0.250 e. The number of hydrogen-bond acceptors (Lipinski definition) is 4. The zero-order chi connectivity index (χ0) is 14.6. The maximum atomic E-state index is 11.8. The van der Waals surface area contributed by atoms with Crippen molar-refractivity contribution in [1.29, 1.82) is 0 Å². The number of ether oxygens (including phenoxy) is 1. The van der Waals surface area contributed by atoms with E-state index in [-0.39, 0.29) is 13.2 Å². The average Bonchev–Trinajstić information content (AvgIpc) is 2.93. The van der Waals surface area contributed by atoms with Gasteiger partial charge in [-0.25, -0.2) is 13.1 Å². The summed E-state index contributed by atoms with van der Waals surface area (Å²) in [5.41, 5.74) is 1.03. The molecule has 0 radical (unpaired) electrons. The van der Waals surface area contributed by atoms with Crippen LogP contribution in [0, 0.1) is 6.92 Å². The average molecular weight is 332 g/mol. The van der Waals surface area contributed by atoms with Crippen molar-refractivity contribution in [1.82, 2.24) is 4.72 Å². The molecule has 1 heterocycles. The number of sulfonamides is 1. The van der Waals surface area contributed by atoms with Gasteiger partial charge in [0.2, 0.25) is 10.0 Å². The minimum atomic E-state index is -3.43. The van der Waals surface area contributed by atoms with Crippen LogP contribution in [0.1, 0.15) is 5.56 Å². The van der Waals surface area contributed by atoms with E-state index in [4.69, 9.17) is 16.3 Å². The van der Waals surface area contributed by atoms with Crippen LogP contribution < -0.4 is 9.46 Å². The van der Waals surface area contributed by atoms with Gasteiger partial charge in [0.1, 0.15) is 16.6 Å². The van der Waals surface area contributed by atoms with Gasteiger partial charge in [0.05, 0.1) is 5.02 Å². The van der Waals surface area contributed by atoms with E-state index >= 15 is 0 Å². The SMILES string of the molecule is Cc1ccc(Cl)c(OCCNS(=O)(=O)c2cccs2)c1. The first-order valence-electron chi connectivity index (χ1n) is 5.91. The van der Waals surface area contributed by atoms with Gasteiger partial charge in [-0.3, -0.25) is 0 Å². The highest BCUT2D eigenvalue weighted by molar-refractivity contribution is 7.91. The molecule has 1 aromatic carbocycles. The predicted molar refractivity (Wildman–Crippen MR) is 81.2 cm³/mol. The fourth-order valence-electron chi connectivity index (χ4n) is 1.55. The highest BCUT2D eigenvalue weighted by Crippen LogP contribution is 2.25. The Balaban J connectivity index is 1.87. The maximum absolute atomic E-state index is 11.8. The fourth-order valence-corrected chi connectivity index (χ4v) is 3.77. The lowest BCUT2D eigenvalue weighted by molar-refractivity contribution is 0.323. The van der Waals surface area contributed by atoms with Crippen LogP contribution in [0.4, 0.5) is 0 Å². The Bertz CT molecular complexity index is 669. The summed E-state index contributed by atoms with van der Waals surface area (Å²) in [4.78, 5) is 0. The van der Waals surface area contributed by atoms with Crippen molar-refractivity contribution in [3.63, 3.8) is 0 Å². The van der Waals surface area contributed by atoms with Crippen LogP contribution in [0.3, 0.4) is 0 Å². The molecule has 2 aromatic rings. The molecule has 0 atom stereocenters. The Morgan fingerprint density at radius 2 is 2.15 bits per heavy atom. The number of thiophene rings is 1. The second-order valence-electron chi connectivity index (χ2n) is 4.11. The molecule has 2 rings (SSSR count). The van der Waals surface area contributed by atoms with Gasteiger partial charge in [-0.15, -0.1) is 11.3 Å². The van der Waals surface area contributed by atoms with Gasteiger partial charge in [0.15, 0.2) is 0 Å². The van der Waals surface area contributed by atoms with Crippen molar-refractivity contribution in [2.45, 2.75) is 11.1 Å². The Morgan fingerprint density at radius 3 is 2.85 bits per heavy atom. The summed E-state index contributed by atoms with van der Waals surface area (Å²) in [6.07, 6.45) is 0. The highest BCUT2D eigenvalue weighted by atomic mass is 35.5. The number of benzene rings is 1. The minimum absolute atomic E-state index is 0.185. The quantitative estimate of drug-likeness (QED) is 0.828. The van der Waals surface area contributed by atoms with Gasteiger partial charge in [-0.05, 0) is 36.1 Å². The summed E-state index contributed by atoms with van der Waals surface area (Å²) in [5, 5.41) is 2.23.